The molecule has 15 aromatic rings. The van der Waals surface area contributed by atoms with Crippen LogP contribution < -0.4 is 0 Å². The average molecular weight is 845 g/mol. The van der Waals surface area contributed by atoms with Crippen LogP contribution in [0.3, 0.4) is 0 Å². The monoisotopic (exact) mass is 844 g/mol. The molecule has 5 aromatic heterocycles. The molecule has 7 heteroatoms. The van der Waals surface area contributed by atoms with Gasteiger partial charge >= 0.3 is 0 Å². The first-order valence-corrected chi connectivity index (χ1v) is 22.1. The molecule has 0 radical (unpaired) electrons. The van der Waals surface area contributed by atoms with E-state index in [4.69, 9.17) is 28.2 Å². The summed E-state index contributed by atoms with van der Waals surface area (Å²) in [5, 5.41) is 12.9. The van der Waals surface area contributed by atoms with Crippen LogP contribution in [0.5, 0.6) is 0 Å². The lowest BCUT2D eigenvalue weighted by Gasteiger charge is -2.13. The number of para-hydroxylation sites is 3. The van der Waals surface area contributed by atoms with Gasteiger partial charge in [-0.2, -0.15) is 0 Å². The van der Waals surface area contributed by atoms with Crippen molar-refractivity contribution in [3.8, 4) is 39.9 Å². The molecule has 0 saturated heterocycles. The number of aromatic nitrogens is 4. The summed E-state index contributed by atoms with van der Waals surface area (Å²) in [6.07, 6.45) is 0. The van der Waals surface area contributed by atoms with Crippen molar-refractivity contribution < 1.29 is 13.3 Å². The smallest absolute Gasteiger partial charge is 0.164 e. The second-order valence-corrected chi connectivity index (χ2v) is 17.1. The Kier molecular flexibility index (Phi) is 7.10. The molecule has 66 heavy (non-hydrogen) atoms. The lowest BCUT2D eigenvalue weighted by Crippen LogP contribution is -2.02. The highest BCUT2D eigenvalue weighted by atomic mass is 16.3. The molecule has 15 rings (SSSR count). The molecule has 10 aromatic carbocycles. The standard InChI is InChI=1S/C59H32N4O3/c1-2-13-35-28-49-46(27-34(35)12-1)40-15-5-8-18-48(40)63(49)38-31-47(55-45-26-21-33-11-3-4-14-39(33)56(45)66-54(55)32-38)59-61-57(36-22-24-43-41-16-6-9-19-50(41)64-52(43)29-36)60-58(62-59)37-23-25-44-42-17-7-10-20-51(42)65-53(44)30-37/h1-32H. The normalized spacial score (nSPS) is 12.2. The summed E-state index contributed by atoms with van der Waals surface area (Å²) >= 11 is 0. The summed E-state index contributed by atoms with van der Waals surface area (Å²) in [4.78, 5) is 16.1. The van der Waals surface area contributed by atoms with Gasteiger partial charge in [0, 0.05) is 71.2 Å². The van der Waals surface area contributed by atoms with Gasteiger partial charge in [-0.3, -0.25) is 0 Å². The third kappa shape index (κ3) is 5.10. The molecule has 0 spiro atoms. The van der Waals surface area contributed by atoms with Gasteiger partial charge in [0.2, 0.25) is 0 Å². The van der Waals surface area contributed by atoms with E-state index in [1.165, 1.54) is 21.5 Å². The van der Waals surface area contributed by atoms with Crippen molar-refractivity contribution in [1.82, 2.24) is 19.5 Å². The minimum atomic E-state index is 0.512. The predicted octanol–water partition coefficient (Wildman–Crippen LogP) is 16.0. The van der Waals surface area contributed by atoms with E-state index in [0.717, 1.165) is 110 Å². The highest BCUT2D eigenvalue weighted by Gasteiger charge is 2.23. The molecule has 0 saturated carbocycles. The summed E-state index contributed by atoms with van der Waals surface area (Å²) in [6.45, 7) is 0. The number of furan rings is 3. The second kappa shape index (κ2) is 13.2. The molecule has 0 amide bonds. The molecule has 0 bridgehead atoms. The molecule has 0 aliphatic heterocycles. The van der Waals surface area contributed by atoms with Gasteiger partial charge in [-0.1, -0.05) is 121 Å². The fourth-order valence-electron chi connectivity index (χ4n) is 10.3. The first-order chi connectivity index (χ1) is 32.7. The SMILES string of the molecule is c1ccc2cc3c(cc2c1)c1ccccc1n3-c1cc(-c2nc(-c3ccc4c(c3)oc3ccccc34)nc(-c3ccc4c(c3)oc3ccccc34)n2)c2c(c1)oc1c3ccccc3ccc12. The van der Waals surface area contributed by atoms with Crippen molar-refractivity contribution in [3.63, 3.8) is 0 Å². The molecule has 0 fully saturated rings. The Hall–Kier alpha value is -9.07. The Balaban J connectivity index is 1.04. The maximum Gasteiger partial charge on any atom is 0.164 e. The van der Waals surface area contributed by atoms with Crippen LogP contribution in [0.1, 0.15) is 0 Å². The third-order valence-electron chi connectivity index (χ3n) is 13.4. The minimum Gasteiger partial charge on any atom is -0.456 e. The molecule has 0 aliphatic rings. The zero-order chi connectivity index (χ0) is 43.0. The molecule has 7 nitrogen and oxygen atoms in total. The molecule has 0 atom stereocenters. The number of hydrogen-bond donors (Lipinski definition) is 0. The van der Waals surface area contributed by atoms with Crippen LogP contribution in [0.2, 0.25) is 0 Å². The predicted molar refractivity (Wildman–Crippen MR) is 267 cm³/mol. The van der Waals surface area contributed by atoms with Gasteiger partial charge in [0.1, 0.15) is 33.5 Å². The Labute approximate surface area is 374 Å². The number of nitrogens with zero attached hydrogens (tertiary/aromatic N) is 4. The summed E-state index contributed by atoms with van der Waals surface area (Å²) in [5.41, 5.74) is 10.3. The van der Waals surface area contributed by atoms with E-state index in [2.05, 4.69) is 150 Å². The van der Waals surface area contributed by atoms with Gasteiger partial charge in [-0.05, 0) is 82.9 Å². The van der Waals surface area contributed by atoms with E-state index in [0.29, 0.717) is 17.5 Å². The summed E-state index contributed by atoms with van der Waals surface area (Å²) in [7, 11) is 0. The van der Waals surface area contributed by atoms with Crippen molar-refractivity contribution in [2.75, 3.05) is 0 Å². The van der Waals surface area contributed by atoms with Crippen LogP contribution >= 0.6 is 0 Å². The summed E-state index contributed by atoms with van der Waals surface area (Å²) < 4.78 is 22.2. The minimum absolute atomic E-state index is 0.512. The second-order valence-electron chi connectivity index (χ2n) is 17.1. The molecule has 5 heterocycles. The topological polar surface area (TPSA) is 83.0 Å². The maximum absolute atomic E-state index is 7.04. The average Bonchev–Trinajstić information content (AvgIpc) is 4.13. The van der Waals surface area contributed by atoms with Gasteiger partial charge in [0.25, 0.3) is 0 Å². The maximum atomic E-state index is 7.04. The largest absolute Gasteiger partial charge is 0.456 e. The van der Waals surface area contributed by atoms with Crippen LogP contribution in [0.25, 0.3) is 149 Å². The number of benzene rings is 10. The highest BCUT2D eigenvalue weighted by molar-refractivity contribution is 6.20. The molecular weight excluding hydrogens is 813 g/mol. The van der Waals surface area contributed by atoms with E-state index < -0.39 is 0 Å². The zero-order valence-corrected chi connectivity index (χ0v) is 35.0. The van der Waals surface area contributed by atoms with Crippen LogP contribution in [-0.2, 0) is 0 Å². The van der Waals surface area contributed by atoms with Gasteiger partial charge in [-0.25, -0.2) is 15.0 Å². The van der Waals surface area contributed by atoms with E-state index in [1.54, 1.807) is 0 Å². The first kappa shape index (κ1) is 35.4. The summed E-state index contributed by atoms with van der Waals surface area (Å²) in [6, 6.07) is 67.5. The first-order valence-electron chi connectivity index (χ1n) is 22.1. The van der Waals surface area contributed by atoms with E-state index >= 15 is 0 Å². The van der Waals surface area contributed by atoms with Crippen molar-refractivity contribution in [1.29, 1.82) is 0 Å². The summed E-state index contributed by atoms with van der Waals surface area (Å²) in [5.74, 6) is 1.54. The van der Waals surface area contributed by atoms with Gasteiger partial charge in [-0.15, -0.1) is 0 Å². The van der Waals surface area contributed by atoms with Crippen LogP contribution in [0, 0.1) is 0 Å². The Bertz CT molecular complexity index is 4420. The van der Waals surface area contributed by atoms with Crippen molar-refractivity contribution in [2.24, 2.45) is 0 Å². The van der Waals surface area contributed by atoms with Crippen molar-refractivity contribution >= 4 is 109 Å². The zero-order valence-electron chi connectivity index (χ0n) is 35.0. The van der Waals surface area contributed by atoms with Gasteiger partial charge in [0.05, 0.1) is 16.7 Å². The highest BCUT2D eigenvalue weighted by Crippen LogP contribution is 2.44. The van der Waals surface area contributed by atoms with E-state index in [9.17, 15) is 0 Å². The van der Waals surface area contributed by atoms with E-state index in [1.807, 2.05) is 48.5 Å². The Morgan fingerprint density at radius 1 is 0.318 bits per heavy atom. The molecule has 0 unspecified atom stereocenters. The van der Waals surface area contributed by atoms with Crippen LogP contribution in [0.15, 0.2) is 207 Å². The van der Waals surface area contributed by atoms with E-state index in [-0.39, 0.29) is 0 Å². The van der Waals surface area contributed by atoms with Crippen molar-refractivity contribution in [2.45, 2.75) is 0 Å². The number of hydrogen-bond acceptors (Lipinski definition) is 6. The number of fused-ring (bicyclic) bond motifs is 15. The fourth-order valence-corrected chi connectivity index (χ4v) is 10.3. The van der Waals surface area contributed by atoms with Crippen LogP contribution in [-0.4, -0.2) is 19.5 Å². The van der Waals surface area contributed by atoms with Gasteiger partial charge < -0.3 is 17.8 Å². The Morgan fingerprint density at radius 3 is 1.56 bits per heavy atom. The molecule has 0 aliphatic carbocycles. The van der Waals surface area contributed by atoms with Gasteiger partial charge in [0.15, 0.2) is 17.5 Å². The fraction of sp³-hybridized carbons (Fsp3) is 0. The number of rotatable bonds is 4. The molecular formula is C59H32N4O3. The quantitative estimate of drug-likeness (QED) is 0.175. The lowest BCUT2D eigenvalue weighted by atomic mass is 10.0. The third-order valence-corrected chi connectivity index (χ3v) is 13.4. The molecule has 306 valence electrons. The molecule has 0 N–H and O–H groups in total. The Morgan fingerprint density at radius 2 is 0.864 bits per heavy atom. The van der Waals surface area contributed by atoms with Crippen LogP contribution in [0.4, 0.5) is 0 Å². The lowest BCUT2D eigenvalue weighted by molar-refractivity contribution is 0.668. The van der Waals surface area contributed by atoms with Crippen molar-refractivity contribution in [3.05, 3.63) is 194 Å².